The topological polar surface area (TPSA) is 9.23 Å². The van der Waals surface area contributed by atoms with Gasteiger partial charge < -0.3 is 0 Å². The molecule has 2 heteroatoms. The molecular formula is C22H31OP. The molecule has 0 fully saturated rings. The van der Waals surface area contributed by atoms with E-state index in [1.54, 1.807) is 0 Å². The number of rotatable bonds is 1. The number of aryl methyl sites for hydroxylation is 1. The molecule has 3 rings (SSSR count). The van der Waals surface area contributed by atoms with Crippen molar-refractivity contribution in [3.63, 3.8) is 0 Å². The Balaban J connectivity index is 2.38. The second kappa shape index (κ2) is 5.60. The van der Waals surface area contributed by atoms with Crippen LogP contribution >= 0.6 is 7.26 Å². The molecule has 0 N–H and O–H groups in total. The molecule has 0 radical (unpaired) electrons. The van der Waals surface area contributed by atoms with Crippen molar-refractivity contribution in [2.45, 2.75) is 58.8 Å². The van der Waals surface area contributed by atoms with Crippen LogP contribution in [0.15, 0.2) is 42.5 Å². The molecule has 0 aliphatic carbocycles. The van der Waals surface area contributed by atoms with E-state index in [9.17, 15) is 0 Å². The van der Waals surface area contributed by atoms with E-state index in [0.717, 1.165) is 12.1 Å². The molecule has 0 unspecified atom stereocenters. The predicted octanol–water partition coefficient (Wildman–Crippen LogP) is 5.98. The Hall–Kier alpha value is -1.33. The van der Waals surface area contributed by atoms with Crippen molar-refractivity contribution in [3.05, 3.63) is 48.0 Å². The summed E-state index contributed by atoms with van der Waals surface area (Å²) in [5.41, 5.74) is 4.08. The molecule has 1 aliphatic heterocycles. The SMILES string of the molecule is Cc1ccccc1-c1cccc2c1[PH](C(C)(C)C)(C(C)(C)C)CO2. The van der Waals surface area contributed by atoms with Gasteiger partial charge >= 0.3 is 147 Å². The first-order valence-corrected chi connectivity index (χ1v) is 11.1. The standard InChI is InChI=1S/C22H31OP/c1-16-11-8-9-12-17(16)18-13-10-14-19-20(18)24(15-23-19,21(2,3)4)22(5,6)7/h8-14,24H,15H2,1-7H3. The third-order valence-corrected chi connectivity index (χ3v) is 13.0. The third-order valence-electron chi connectivity index (χ3n) is 5.89. The van der Waals surface area contributed by atoms with E-state index in [4.69, 9.17) is 4.74 Å². The van der Waals surface area contributed by atoms with Crippen LogP contribution in [-0.4, -0.2) is 16.7 Å². The van der Waals surface area contributed by atoms with E-state index < -0.39 is 7.26 Å². The zero-order chi connectivity index (χ0) is 17.8. The zero-order valence-corrected chi connectivity index (χ0v) is 17.2. The summed E-state index contributed by atoms with van der Waals surface area (Å²) in [6.07, 6.45) is 0.887. The minimum atomic E-state index is -1.93. The van der Waals surface area contributed by atoms with Crippen LogP contribution in [0.5, 0.6) is 5.75 Å². The van der Waals surface area contributed by atoms with Gasteiger partial charge in [-0.05, 0) is 0 Å². The maximum absolute atomic E-state index is 6.33. The van der Waals surface area contributed by atoms with E-state index in [-0.39, 0.29) is 10.3 Å². The van der Waals surface area contributed by atoms with Crippen LogP contribution in [0.2, 0.25) is 0 Å². The molecular weight excluding hydrogens is 311 g/mol. The predicted molar refractivity (Wildman–Crippen MR) is 110 cm³/mol. The number of benzene rings is 2. The number of ether oxygens (including phenoxy) is 1. The van der Waals surface area contributed by atoms with Crippen molar-refractivity contribution < 1.29 is 4.74 Å². The van der Waals surface area contributed by atoms with Crippen LogP contribution in [0.4, 0.5) is 0 Å². The minimum absolute atomic E-state index is 0.231. The van der Waals surface area contributed by atoms with Crippen molar-refractivity contribution in [1.29, 1.82) is 0 Å². The Labute approximate surface area is 147 Å². The van der Waals surface area contributed by atoms with Crippen molar-refractivity contribution in [3.8, 4) is 16.9 Å². The summed E-state index contributed by atoms with van der Waals surface area (Å²) < 4.78 is 6.33. The van der Waals surface area contributed by atoms with Gasteiger partial charge in [-0.25, -0.2) is 0 Å². The quantitative estimate of drug-likeness (QED) is 0.579. The van der Waals surface area contributed by atoms with Crippen molar-refractivity contribution in [2.75, 3.05) is 6.35 Å². The van der Waals surface area contributed by atoms with E-state index in [0.29, 0.717) is 0 Å². The van der Waals surface area contributed by atoms with Gasteiger partial charge in [-0.3, -0.25) is 0 Å². The maximum atomic E-state index is 6.33. The molecule has 0 spiro atoms. The van der Waals surface area contributed by atoms with Gasteiger partial charge in [0.2, 0.25) is 0 Å². The van der Waals surface area contributed by atoms with Gasteiger partial charge in [0.15, 0.2) is 0 Å². The Morgan fingerprint density at radius 1 is 0.792 bits per heavy atom. The normalized spacial score (nSPS) is 18.0. The Morgan fingerprint density at radius 2 is 1.38 bits per heavy atom. The second-order valence-corrected chi connectivity index (χ2v) is 14.8. The fourth-order valence-electron chi connectivity index (χ4n) is 4.76. The average Bonchev–Trinajstić information content (AvgIpc) is 2.88. The monoisotopic (exact) mass is 342 g/mol. The summed E-state index contributed by atoms with van der Waals surface area (Å²) >= 11 is 0. The van der Waals surface area contributed by atoms with E-state index >= 15 is 0 Å². The van der Waals surface area contributed by atoms with Gasteiger partial charge in [0.25, 0.3) is 0 Å². The van der Waals surface area contributed by atoms with Gasteiger partial charge in [-0.2, -0.15) is 0 Å². The molecule has 0 saturated carbocycles. The van der Waals surface area contributed by atoms with E-state index in [1.807, 2.05) is 0 Å². The van der Waals surface area contributed by atoms with Crippen LogP contribution in [0.25, 0.3) is 11.1 Å². The molecule has 130 valence electrons. The van der Waals surface area contributed by atoms with Crippen LogP contribution in [0, 0.1) is 6.92 Å². The number of hydrogen-bond donors (Lipinski definition) is 0. The van der Waals surface area contributed by atoms with Crippen LogP contribution in [0.1, 0.15) is 47.1 Å². The molecule has 1 nitrogen and oxygen atoms in total. The first kappa shape index (κ1) is 17.5. The first-order chi connectivity index (χ1) is 11.1. The fourth-order valence-corrected chi connectivity index (χ4v) is 11.1. The van der Waals surface area contributed by atoms with Gasteiger partial charge in [0.1, 0.15) is 0 Å². The van der Waals surface area contributed by atoms with Crippen LogP contribution in [0.3, 0.4) is 0 Å². The molecule has 2 aromatic rings. The molecule has 0 amide bonds. The summed E-state index contributed by atoms with van der Waals surface area (Å²) in [7, 11) is -1.93. The molecule has 1 heterocycles. The summed E-state index contributed by atoms with van der Waals surface area (Å²) in [6.45, 7) is 16.7. The molecule has 0 bridgehead atoms. The Bertz CT molecular complexity index is 748. The second-order valence-electron chi connectivity index (χ2n) is 9.19. The van der Waals surface area contributed by atoms with Gasteiger partial charge in [-0.1, -0.05) is 0 Å². The molecule has 24 heavy (non-hydrogen) atoms. The third kappa shape index (κ3) is 2.40. The van der Waals surface area contributed by atoms with Crippen LogP contribution < -0.4 is 10.0 Å². The van der Waals surface area contributed by atoms with Gasteiger partial charge in [0.05, 0.1) is 0 Å². The summed E-state index contributed by atoms with van der Waals surface area (Å²) in [6, 6.07) is 15.4. The van der Waals surface area contributed by atoms with Crippen LogP contribution in [-0.2, 0) is 0 Å². The molecule has 0 aromatic heterocycles. The molecule has 2 aromatic carbocycles. The first-order valence-electron chi connectivity index (χ1n) is 8.92. The van der Waals surface area contributed by atoms with Crippen molar-refractivity contribution in [1.82, 2.24) is 0 Å². The van der Waals surface area contributed by atoms with Crippen molar-refractivity contribution in [2.24, 2.45) is 0 Å². The number of fused-ring (bicyclic) bond motifs is 1. The summed E-state index contributed by atoms with van der Waals surface area (Å²) in [4.78, 5) is 0. The Kier molecular flexibility index (Phi) is 4.08. The number of hydrogen-bond acceptors (Lipinski definition) is 1. The molecule has 0 saturated heterocycles. The summed E-state index contributed by atoms with van der Waals surface area (Å²) in [5.74, 6) is 1.12. The van der Waals surface area contributed by atoms with Gasteiger partial charge in [0, 0.05) is 0 Å². The van der Waals surface area contributed by atoms with E-state index in [2.05, 4.69) is 90.9 Å². The average molecular weight is 342 g/mol. The van der Waals surface area contributed by atoms with Gasteiger partial charge in [-0.15, -0.1) is 0 Å². The Morgan fingerprint density at radius 3 is 1.96 bits per heavy atom. The molecule has 0 atom stereocenters. The fraction of sp³-hybridized carbons (Fsp3) is 0.455. The summed E-state index contributed by atoms with van der Waals surface area (Å²) in [5, 5.41) is 1.99. The molecule has 1 aliphatic rings. The van der Waals surface area contributed by atoms with E-state index in [1.165, 1.54) is 22.0 Å². The van der Waals surface area contributed by atoms with Crippen molar-refractivity contribution >= 4 is 12.6 Å². The zero-order valence-electron chi connectivity index (χ0n) is 16.2.